The quantitative estimate of drug-likeness (QED) is 0.456. The van der Waals surface area contributed by atoms with Crippen LogP contribution < -0.4 is 0 Å². The summed E-state index contributed by atoms with van der Waals surface area (Å²) in [5.41, 5.74) is 1.17. The highest BCUT2D eigenvalue weighted by Gasteiger charge is 2.43. The first-order chi connectivity index (χ1) is 21.0. The maximum atomic E-state index is 13.5. The predicted octanol–water partition coefficient (Wildman–Crippen LogP) is 5.33. The number of ether oxygens (including phenoxy) is 2. The van der Waals surface area contributed by atoms with Crippen molar-refractivity contribution in [3.63, 3.8) is 0 Å². The lowest BCUT2D eigenvalue weighted by Crippen LogP contribution is -2.48. The van der Waals surface area contributed by atoms with E-state index in [2.05, 4.69) is 4.90 Å². The van der Waals surface area contributed by atoms with E-state index in [1.807, 2.05) is 16.8 Å². The highest BCUT2D eigenvalue weighted by atomic mass is 19.4. The molecule has 4 aliphatic rings. The SMILES string of the molecule is CN(C(=O)N1CC[C@H](N(C)C(=O)c2ccc(-c3ccc(C(F)(F)F)cc3)cc2)C1)C1CCN(C2CCC3(CC2)OCCO3)C1. The van der Waals surface area contributed by atoms with Gasteiger partial charge >= 0.3 is 12.2 Å². The van der Waals surface area contributed by atoms with E-state index in [1.54, 1.807) is 36.2 Å². The van der Waals surface area contributed by atoms with Crippen molar-refractivity contribution in [3.05, 3.63) is 59.7 Å². The Labute approximate surface area is 256 Å². The lowest BCUT2D eigenvalue weighted by molar-refractivity contribution is -0.183. The summed E-state index contributed by atoms with van der Waals surface area (Å²) in [6, 6.07) is 12.5. The fraction of sp³-hybridized carbons (Fsp3) is 0.576. The number of alkyl halides is 3. The highest BCUT2D eigenvalue weighted by molar-refractivity contribution is 5.95. The maximum absolute atomic E-state index is 13.5. The molecule has 44 heavy (non-hydrogen) atoms. The van der Waals surface area contributed by atoms with E-state index in [0.29, 0.717) is 49.9 Å². The average Bonchev–Trinajstić information content (AvgIpc) is 3.82. The Morgan fingerprint density at radius 3 is 1.98 bits per heavy atom. The number of carbonyl (C=O) groups excluding carboxylic acids is 2. The van der Waals surface area contributed by atoms with Crippen LogP contribution in [0.15, 0.2) is 48.5 Å². The van der Waals surface area contributed by atoms with E-state index in [4.69, 9.17) is 9.47 Å². The molecular formula is C33H41F3N4O4. The fourth-order valence-corrected chi connectivity index (χ4v) is 7.25. The highest BCUT2D eigenvalue weighted by Crippen LogP contribution is 2.38. The zero-order chi connectivity index (χ0) is 31.1. The molecule has 6 rings (SSSR count). The van der Waals surface area contributed by atoms with E-state index in [1.165, 1.54) is 12.1 Å². The zero-order valence-corrected chi connectivity index (χ0v) is 25.4. The summed E-state index contributed by atoms with van der Waals surface area (Å²) < 4.78 is 50.4. The van der Waals surface area contributed by atoms with Crippen LogP contribution in [0.2, 0.25) is 0 Å². The number of carbonyl (C=O) groups is 2. The minimum atomic E-state index is -4.38. The first-order valence-electron chi connectivity index (χ1n) is 15.6. The third-order valence-corrected chi connectivity index (χ3v) is 10.1. The molecule has 11 heteroatoms. The molecule has 0 aromatic heterocycles. The third kappa shape index (κ3) is 6.32. The Hall–Kier alpha value is -3.15. The summed E-state index contributed by atoms with van der Waals surface area (Å²) in [6.45, 7) is 4.31. The second kappa shape index (κ2) is 12.3. The number of rotatable bonds is 5. The van der Waals surface area contributed by atoms with Gasteiger partial charge in [-0.3, -0.25) is 9.69 Å². The normalized spacial score (nSPS) is 24.2. The molecule has 0 radical (unpaired) electrons. The molecule has 1 saturated carbocycles. The average molecular weight is 615 g/mol. The van der Waals surface area contributed by atoms with E-state index < -0.39 is 11.7 Å². The van der Waals surface area contributed by atoms with Gasteiger partial charge in [0, 0.05) is 70.8 Å². The lowest BCUT2D eigenvalue weighted by Gasteiger charge is -2.39. The minimum absolute atomic E-state index is 0.0106. The van der Waals surface area contributed by atoms with Crippen molar-refractivity contribution in [3.8, 4) is 11.1 Å². The molecule has 2 aromatic rings. The number of urea groups is 1. The molecule has 2 atom stereocenters. The lowest BCUT2D eigenvalue weighted by atomic mass is 9.89. The summed E-state index contributed by atoms with van der Waals surface area (Å²) >= 11 is 0. The molecule has 1 spiro atoms. The van der Waals surface area contributed by atoms with Gasteiger partial charge in [0.25, 0.3) is 5.91 Å². The summed E-state index contributed by atoms with van der Waals surface area (Å²) in [4.78, 5) is 34.7. The summed E-state index contributed by atoms with van der Waals surface area (Å²) in [5, 5.41) is 0. The second-order valence-corrected chi connectivity index (χ2v) is 12.6. The van der Waals surface area contributed by atoms with Gasteiger partial charge in [0.15, 0.2) is 5.79 Å². The Morgan fingerprint density at radius 1 is 0.795 bits per heavy atom. The number of nitrogens with zero attached hydrogens (tertiary/aromatic N) is 4. The number of hydrogen-bond acceptors (Lipinski definition) is 5. The number of amides is 3. The van der Waals surface area contributed by atoms with E-state index in [0.717, 1.165) is 62.9 Å². The van der Waals surface area contributed by atoms with Gasteiger partial charge in [-0.05, 0) is 61.1 Å². The third-order valence-electron chi connectivity index (χ3n) is 10.1. The van der Waals surface area contributed by atoms with E-state index >= 15 is 0 Å². The van der Waals surface area contributed by atoms with Crippen molar-refractivity contribution in [1.82, 2.24) is 19.6 Å². The molecule has 1 unspecified atom stereocenters. The van der Waals surface area contributed by atoms with Crippen LogP contribution in [-0.4, -0.2) is 109 Å². The molecular weight excluding hydrogens is 573 g/mol. The van der Waals surface area contributed by atoms with Crippen molar-refractivity contribution >= 4 is 11.9 Å². The molecule has 4 fully saturated rings. The molecule has 3 saturated heterocycles. The van der Waals surface area contributed by atoms with Crippen LogP contribution in [0.25, 0.3) is 11.1 Å². The van der Waals surface area contributed by atoms with Crippen LogP contribution in [0.5, 0.6) is 0 Å². The molecule has 0 bridgehead atoms. The molecule has 0 N–H and O–H groups in total. The summed E-state index contributed by atoms with van der Waals surface area (Å²) in [5.74, 6) is -0.507. The van der Waals surface area contributed by atoms with Crippen molar-refractivity contribution < 1.29 is 32.2 Å². The predicted molar refractivity (Wildman–Crippen MR) is 159 cm³/mol. The second-order valence-electron chi connectivity index (χ2n) is 12.6. The molecule has 3 amide bonds. The van der Waals surface area contributed by atoms with E-state index in [9.17, 15) is 22.8 Å². The van der Waals surface area contributed by atoms with Gasteiger partial charge in [-0.15, -0.1) is 0 Å². The number of halogens is 3. The van der Waals surface area contributed by atoms with Crippen LogP contribution >= 0.6 is 0 Å². The molecule has 1 aliphatic carbocycles. The number of likely N-dealkylation sites (tertiary alicyclic amines) is 2. The largest absolute Gasteiger partial charge is 0.416 e. The van der Waals surface area contributed by atoms with Gasteiger partial charge in [0.05, 0.1) is 24.8 Å². The monoisotopic (exact) mass is 614 g/mol. The Morgan fingerprint density at radius 2 is 1.36 bits per heavy atom. The van der Waals surface area contributed by atoms with Crippen LogP contribution in [0.3, 0.4) is 0 Å². The standard InChI is InChI=1S/C33H41F3N4O4/c1-37(30(41)25-5-3-23(4-6-25)24-7-9-26(10-8-24)33(34,35)36)28-14-18-40(22-28)31(42)38(2)29-13-17-39(21-29)27-11-15-32(16-12-27)43-19-20-44-32/h3-10,27-29H,11-22H2,1-2H3/t28-,29?/m0/s1. The number of hydrogen-bond donors (Lipinski definition) is 0. The first kappa shape index (κ1) is 30.9. The van der Waals surface area contributed by atoms with Crippen LogP contribution in [0, 0.1) is 0 Å². The smallest absolute Gasteiger partial charge is 0.348 e. The molecule has 238 valence electrons. The summed E-state index contributed by atoms with van der Waals surface area (Å²) in [7, 11) is 3.66. The molecule has 2 aromatic carbocycles. The first-order valence-corrected chi connectivity index (χ1v) is 15.6. The minimum Gasteiger partial charge on any atom is -0.348 e. The Kier molecular flexibility index (Phi) is 8.65. The van der Waals surface area contributed by atoms with E-state index in [-0.39, 0.29) is 29.8 Å². The number of likely N-dealkylation sites (N-methyl/N-ethyl adjacent to an activating group) is 2. The Bertz CT molecular complexity index is 1320. The van der Waals surface area contributed by atoms with Crippen LogP contribution in [-0.2, 0) is 15.7 Å². The zero-order valence-electron chi connectivity index (χ0n) is 25.4. The van der Waals surface area contributed by atoms with Crippen molar-refractivity contribution in [1.29, 1.82) is 0 Å². The van der Waals surface area contributed by atoms with Gasteiger partial charge in [-0.1, -0.05) is 24.3 Å². The van der Waals surface area contributed by atoms with Crippen LogP contribution in [0.4, 0.5) is 18.0 Å². The van der Waals surface area contributed by atoms with Gasteiger partial charge in [-0.25, -0.2) is 4.79 Å². The van der Waals surface area contributed by atoms with Crippen molar-refractivity contribution in [2.24, 2.45) is 0 Å². The van der Waals surface area contributed by atoms with Crippen LogP contribution in [0.1, 0.15) is 54.4 Å². The molecule has 8 nitrogen and oxygen atoms in total. The maximum Gasteiger partial charge on any atom is 0.416 e. The topological polar surface area (TPSA) is 65.6 Å². The van der Waals surface area contributed by atoms with Gasteiger partial charge in [-0.2, -0.15) is 13.2 Å². The molecule has 3 aliphatic heterocycles. The van der Waals surface area contributed by atoms with Gasteiger partial charge in [0.1, 0.15) is 0 Å². The summed E-state index contributed by atoms with van der Waals surface area (Å²) in [6.07, 6.45) is 1.24. The molecule has 3 heterocycles. The van der Waals surface area contributed by atoms with Gasteiger partial charge in [0.2, 0.25) is 0 Å². The van der Waals surface area contributed by atoms with Crippen molar-refractivity contribution in [2.45, 2.75) is 68.6 Å². The number of benzene rings is 2. The fourth-order valence-electron chi connectivity index (χ4n) is 7.25. The Balaban J connectivity index is 0.989. The van der Waals surface area contributed by atoms with Crippen molar-refractivity contribution in [2.75, 3.05) is 53.5 Å². The van der Waals surface area contributed by atoms with Gasteiger partial charge < -0.3 is 24.2 Å².